The zero-order chi connectivity index (χ0) is 35.6. The molecule has 0 aliphatic rings. The van der Waals surface area contributed by atoms with Gasteiger partial charge < -0.3 is 9.32 Å². The quantitative estimate of drug-likeness (QED) is 0.168. The molecule has 0 saturated carbocycles. The average molecular weight is 688 g/mol. The van der Waals surface area contributed by atoms with Crippen molar-refractivity contribution in [1.82, 2.24) is 0 Å². The van der Waals surface area contributed by atoms with Crippen molar-refractivity contribution in [2.75, 3.05) is 4.90 Å². The fourth-order valence-electron chi connectivity index (χ4n) is 8.56. The SMILES string of the molecule is c1ccc(-c2ccc(N(c3cccc4c(-c5cc6ccccc6c6ccccc56)cccc34)c3cccc4ccc5c6ccccc6oc5c34)cc2)cc1. The molecule has 0 N–H and O–H groups in total. The molecule has 0 fully saturated rings. The molecule has 0 spiro atoms. The molecular formula is C52H33NO. The molecule has 252 valence electrons. The number of para-hydroxylation sites is 1. The second kappa shape index (κ2) is 12.2. The Kier molecular flexibility index (Phi) is 6.90. The molecule has 0 radical (unpaired) electrons. The molecule has 0 amide bonds. The molecule has 10 aromatic carbocycles. The topological polar surface area (TPSA) is 16.4 Å². The van der Waals surface area contributed by atoms with Gasteiger partial charge in [-0.15, -0.1) is 0 Å². The molecule has 0 atom stereocenters. The average Bonchev–Trinajstić information content (AvgIpc) is 3.63. The van der Waals surface area contributed by atoms with E-state index in [0.29, 0.717) is 0 Å². The lowest BCUT2D eigenvalue weighted by Gasteiger charge is -2.28. The summed E-state index contributed by atoms with van der Waals surface area (Å²) in [6.45, 7) is 0. The standard InChI is InChI=1S/C52H33NO/c1-2-13-34(14-3-1)35-27-30-38(31-28-35)53(49-25-10-16-36-29-32-46-45-20-8-9-26-50(45)54-52(46)51(36)49)48-24-12-22-41-43(21-11-23-44(41)48)47-33-37-15-4-5-17-39(37)40-18-6-7-19-42(40)47/h1-33H. The minimum atomic E-state index is 0.894. The van der Waals surface area contributed by atoms with Crippen LogP contribution in [0.25, 0.3) is 87.3 Å². The largest absolute Gasteiger partial charge is 0.455 e. The van der Waals surface area contributed by atoms with E-state index in [1.165, 1.54) is 54.6 Å². The van der Waals surface area contributed by atoms with Crippen molar-refractivity contribution in [3.63, 3.8) is 0 Å². The van der Waals surface area contributed by atoms with Gasteiger partial charge in [-0.1, -0.05) is 158 Å². The number of hydrogen-bond acceptors (Lipinski definition) is 2. The van der Waals surface area contributed by atoms with E-state index in [0.717, 1.165) is 49.8 Å². The van der Waals surface area contributed by atoms with Crippen LogP contribution >= 0.6 is 0 Å². The summed E-state index contributed by atoms with van der Waals surface area (Å²) in [6, 6.07) is 72.3. The Balaban J connectivity index is 1.19. The second-order valence-corrected chi connectivity index (χ2v) is 14.0. The van der Waals surface area contributed by atoms with Gasteiger partial charge in [0.15, 0.2) is 0 Å². The molecule has 0 aliphatic carbocycles. The van der Waals surface area contributed by atoms with Crippen molar-refractivity contribution >= 4 is 82.1 Å². The van der Waals surface area contributed by atoms with E-state index in [4.69, 9.17) is 4.42 Å². The van der Waals surface area contributed by atoms with Crippen LogP contribution in [-0.4, -0.2) is 0 Å². The number of benzene rings is 10. The van der Waals surface area contributed by atoms with Crippen LogP contribution in [0.2, 0.25) is 0 Å². The van der Waals surface area contributed by atoms with Gasteiger partial charge in [0, 0.05) is 27.2 Å². The van der Waals surface area contributed by atoms with Gasteiger partial charge >= 0.3 is 0 Å². The summed E-state index contributed by atoms with van der Waals surface area (Å²) in [7, 11) is 0. The fourth-order valence-corrected chi connectivity index (χ4v) is 8.56. The summed E-state index contributed by atoms with van der Waals surface area (Å²) in [5.74, 6) is 0. The van der Waals surface area contributed by atoms with Crippen LogP contribution in [0.4, 0.5) is 17.1 Å². The molecule has 11 rings (SSSR count). The van der Waals surface area contributed by atoms with Crippen LogP contribution in [0, 0.1) is 0 Å². The summed E-state index contributed by atoms with van der Waals surface area (Å²) in [5, 5.41) is 11.9. The van der Waals surface area contributed by atoms with Crippen molar-refractivity contribution in [3.05, 3.63) is 200 Å². The fraction of sp³-hybridized carbons (Fsp3) is 0. The normalized spacial score (nSPS) is 11.7. The summed E-state index contributed by atoms with van der Waals surface area (Å²) >= 11 is 0. The number of anilines is 3. The Labute approximate surface area is 312 Å². The zero-order valence-corrected chi connectivity index (χ0v) is 29.4. The summed E-state index contributed by atoms with van der Waals surface area (Å²) in [4.78, 5) is 2.42. The Morgan fingerprint density at radius 3 is 1.81 bits per heavy atom. The summed E-state index contributed by atoms with van der Waals surface area (Å²) < 4.78 is 6.72. The minimum Gasteiger partial charge on any atom is -0.455 e. The number of hydrogen-bond donors (Lipinski definition) is 0. The molecular weight excluding hydrogens is 655 g/mol. The van der Waals surface area contributed by atoms with Crippen molar-refractivity contribution in [2.24, 2.45) is 0 Å². The lowest BCUT2D eigenvalue weighted by molar-refractivity contribution is 0.672. The van der Waals surface area contributed by atoms with E-state index in [9.17, 15) is 0 Å². The van der Waals surface area contributed by atoms with E-state index in [1.807, 2.05) is 6.07 Å². The first-order chi connectivity index (χ1) is 26.8. The highest BCUT2D eigenvalue weighted by atomic mass is 16.3. The van der Waals surface area contributed by atoms with E-state index >= 15 is 0 Å². The van der Waals surface area contributed by atoms with Crippen molar-refractivity contribution in [2.45, 2.75) is 0 Å². The smallest absolute Gasteiger partial charge is 0.145 e. The third kappa shape index (κ3) is 4.74. The Morgan fingerprint density at radius 2 is 0.944 bits per heavy atom. The highest BCUT2D eigenvalue weighted by molar-refractivity contribution is 6.21. The van der Waals surface area contributed by atoms with Crippen LogP contribution in [0.3, 0.4) is 0 Å². The molecule has 0 unspecified atom stereocenters. The predicted molar refractivity (Wildman–Crippen MR) is 229 cm³/mol. The molecule has 0 saturated heterocycles. The van der Waals surface area contributed by atoms with Crippen molar-refractivity contribution in [3.8, 4) is 22.3 Å². The molecule has 54 heavy (non-hydrogen) atoms. The van der Waals surface area contributed by atoms with Gasteiger partial charge in [0.05, 0.1) is 11.4 Å². The first-order valence-electron chi connectivity index (χ1n) is 18.5. The molecule has 0 aliphatic heterocycles. The van der Waals surface area contributed by atoms with Gasteiger partial charge in [0.25, 0.3) is 0 Å². The number of fused-ring (bicyclic) bond motifs is 9. The maximum Gasteiger partial charge on any atom is 0.145 e. The van der Waals surface area contributed by atoms with Crippen molar-refractivity contribution < 1.29 is 4.42 Å². The van der Waals surface area contributed by atoms with E-state index in [1.54, 1.807) is 0 Å². The van der Waals surface area contributed by atoms with Gasteiger partial charge in [0.1, 0.15) is 11.2 Å². The van der Waals surface area contributed by atoms with Gasteiger partial charge in [-0.2, -0.15) is 0 Å². The van der Waals surface area contributed by atoms with Gasteiger partial charge in [-0.3, -0.25) is 0 Å². The highest BCUT2D eigenvalue weighted by Crippen LogP contribution is 2.47. The molecule has 2 heteroatoms. The first kappa shape index (κ1) is 30.5. The van der Waals surface area contributed by atoms with Crippen LogP contribution in [0.15, 0.2) is 205 Å². The monoisotopic (exact) mass is 687 g/mol. The molecule has 11 aromatic rings. The van der Waals surface area contributed by atoms with Gasteiger partial charge in [-0.25, -0.2) is 0 Å². The van der Waals surface area contributed by atoms with E-state index in [2.05, 4.69) is 199 Å². The summed E-state index contributed by atoms with van der Waals surface area (Å²) in [6.07, 6.45) is 0. The maximum atomic E-state index is 6.72. The first-order valence-corrected chi connectivity index (χ1v) is 18.5. The maximum absolute atomic E-state index is 6.72. The predicted octanol–water partition coefficient (Wildman–Crippen LogP) is 15.0. The van der Waals surface area contributed by atoms with Crippen LogP contribution in [0.5, 0.6) is 0 Å². The molecule has 2 nitrogen and oxygen atoms in total. The summed E-state index contributed by atoms with van der Waals surface area (Å²) in [5.41, 5.74) is 9.87. The van der Waals surface area contributed by atoms with Crippen LogP contribution < -0.4 is 4.90 Å². The third-order valence-electron chi connectivity index (χ3n) is 11.0. The van der Waals surface area contributed by atoms with E-state index in [-0.39, 0.29) is 0 Å². The van der Waals surface area contributed by atoms with E-state index < -0.39 is 0 Å². The third-order valence-corrected chi connectivity index (χ3v) is 11.0. The van der Waals surface area contributed by atoms with Crippen molar-refractivity contribution in [1.29, 1.82) is 0 Å². The lowest BCUT2D eigenvalue weighted by atomic mass is 9.90. The van der Waals surface area contributed by atoms with Crippen LogP contribution in [0.1, 0.15) is 0 Å². The lowest BCUT2D eigenvalue weighted by Crippen LogP contribution is -2.11. The van der Waals surface area contributed by atoms with Gasteiger partial charge in [-0.05, 0) is 97.0 Å². The van der Waals surface area contributed by atoms with Gasteiger partial charge in [0.2, 0.25) is 0 Å². The zero-order valence-electron chi connectivity index (χ0n) is 29.4. The molecule has 1 heterocycles. The minimum absolute atomic E-state index is 0.894. The highest BCUT2D eigenvalue weighted by Gasteiger charge is 2.22. The number of nitrogens with zero attached hydrogens (tertiary/aromatic N) is 1. The number of rotatable bonds is 5. The molecule has 0 bridgehead atoms. The number of furan rings is 1. The van der Waals surface area contributed by atoms with Crippen LogP contribution in [-0.2, 0) is 0 Å². The Bertz CT molecular complexity index is 3210. The Morgan fingerprint density at radius 1 is 0.333 bits per heavy atom. The molecule has 1 aromatic heterocycles. The second-order valence-electron chi connectivity index (χ2n) is 14.0. The Hall–Kier alpha value is -7.16.